The predicted octanol–water partition coefficient (Wildman–Crippen LogP) is 3.59. The maximum Gasteiger partial charge on any atom is 0.219 e. The third kappa shape index (κ3) is 3.40. The topological polar surface area (TPSA) is 47.4 Å². The highest BCUT2D eigenvalue weighted by Gasteiger charge is 2.25. The molecule has 0 bridgehead atoms. The summed E-state index contributed by atoms with van der Waals surface area (Å²) in [4.78, 5) is 13.7. The van der Waals surface area contributed by atoms with Crippen LogP contribution in [-0.2, 0) is 31.2 Å². The van der Waals surface area contributed by atoms with Crippen molar-refractivity contribution in [3.8, 4) is 16.9 Å². The number of ether oxygens (including phenoxy) is 1. The highest BCUT2D eigenvalue weighted by molar-refractivity contribution is 5.73. The quantitative estimate of drug-likeness (QED) is 0.700. The van der Waals surface area contributed by atoms with Crippen LogP contribution in [0.15, 0.2) is 48.5 Å². The van der Waals surface area contributed by atoms with Crippen molar-refractivity contribution in [3.63, 3.8) is 0 Å². The van der Waals surface area contributed by atoms with E-state index in [0.717, 1.165) is 42.0 Å². The zero-order chi connectivity index (χ0) is 19.7. The van der Waals surface area contributed by atoms with Crippen molar-refractivity contribution >= 4 is 5.91 Å². The van der Waals surface area contributed by atoms with Gasteiger partial charge in [0.25, 0.3) is 0 Å². The van der Waals surface area contributed by atoms with E-state index in [1.165, 1.54) is 16.8 Å². The Hall–Kier alpha value is -3.08. The first-order valence-electron chi connectivity index (χ1n) is 9.58. The highest BCUT2D eigenvalue weighted by atomic mass is 16.5. The number of carbonyl (C=O) groups excluding carboxylic acids is 1. The molecular formula is C23H25N3O2. The molecule has 2 aromatic carbocycles. The van der Waals surface area contributed by atoms with Crippen molar-refractivity contribution < 1.29 is 9.53 Å². The number of aryl methyl sites for hydroxylation is 1. The minimum atomic E-state index is 0.126. The number of carbonyl (C=O) groups is 1. The highest BCUT2D eigenvalue weighted by Crippen LogP contribution is 2.30. The first-order valence-corrected chi connectivity index (χ1v) is 9.58. The molecule has 0 saturated carbocycles. The van der Waals surface area contributed by atoms with Crippen LogP contribution in [0.1, 0.15) is 29.4 Å². The van der Waals surface area contributed by atoms with Gasteiger partial charge in [-0.25, -0.2) is 0 Å². The lowest BCUT2D eigenvalue weighted by Gasteiger charge is -2.26. The molecule has 0 aliphatic carbocycles. The molecule has 1 aliphatic rings. The lowest BCUT2D eigenvalue weighted by molar-refractivity contribution is -0.129. The second-order valence-corrected chi connectivity index (χ2v) is 7.26. The van der Waals surface area contributed by atoms with E-state index in [9.17, 15) is 4.79 Å². The van der Waals surface area contributed by atoms with Crippen LogP contribution < -0.4 is 4.74 Å². The number of rotatable bonds is 4. The molecule has 0 radical (unpaired) electrons. The van der Waals surface area contributed by atoms with E-state index >= 15 is 0 Å². The molecule has 3 aromatic rings. The van der Waals surface area contributed by atoms with Gasteiger partial charge in [0.1, 0.15) is 5.75 Å². The molecule has 5 nitrogen and oxygen atoms in total. The summed E-state index contributed by atoms with van der Waals surface area (Å²) in [5, 5.41) is 4.75. The third-order valence-corrected chi connectivity index (χ3v) is 5.51. The lowest BCUT2D eigenvalue weighted by Crippen LogP contribution is -2.34. The Labute approximate surface area is 165 Å². The maximum absolute atomic E-state index is 11.8. The summed E-state index contributed by atoms with van der Waals surface area (Å²) in [7, 11) is 3.69. The Balaban J connectivity index is 1.58. The molecule has 2 heterocycles. The molecule has 1 aliphatic heterocycles. The SMILES string of the molecule is COc1ccccc1-c1ccc(Cc2nn(C)c3c2CN(C(C)=O)CC3)cc1. The number of methoxy groups -OCH3 is 1. The smallest absolute Gasteiger partial charge is 0.219 e. The van der Waals surface area contributed by atoms with Gasteiger partial charge in [0.2, 0.25) is 5.91 Å². The molecule has 144 valence electrons. The molecular weight excluding hydrogens is 350 g/mol. The second-order valence-electron chi connectivity index (χ2n) is 7.26. The molecule has 0 fully saturated rings. The average Bonchev–Trinajstić information content (AvgIpc) is 3.03. The first kappa shape index (κ1) is 18.3. The van der Waals surface area contributed by atoms with Gasteiger partial charge in [-0.2, -0.15) is 5.10 Å². The van der Waals surface area contributed by atoms with E-state index < -0.39 is 0 Å². The number of amides is 1. The summed E-state index contributed by atoms with van der Waals surface area (Å²) in [5.41, 5.74) is 6.94. The van der Waals surface area contributed by atoms with Crippen LogP contribution in [0.4, 0.5) is 0 Å². The summed E-state index contributed by atoms with van der Waals surface area (Å²) in [6.07, 6.45) is 1.63. The van der Waals surface area contributed by atoms with Crippen molar-refractivity contribution in [1.82, 2.24) is 14.7 Å². The minimum absolute atomic E-state index is 0.126. The van der Waals surface area contributed by atoms with Gasteiger partial charge in [0, 0.05) is 56.7 Å². The molecule has 0 unspecified atom stereocenters. The number of hydrogen-bond acceptors (Lipinski definition) is 3. The summed E-state index contributed by atoms with van der Waals surface area (Å²) in [5.74, 6) is 1.000. The monoisotopic (exact) mass is 375 g/mol. The van der Waals surface area contributed by atoms with Crippen LogP contribution in [0.2, 0.25) is 0 Å². The van der Waals surface area contributed by atoms with Crippen LogP contribution in [0.25, 0.3) is 11.1 Å². The van der Waals surface area contributed by atoms with Crippen molar-refractivity contribution in [2.45, 2.75) is 26.3 Å². The van der Waals surface area contributed by atoms with Gasteiger partial charge in [-0.05, 0) is 17.2 Å². The van der Waals surface area contributed by atoms with Gasteiger partial charge in [0.05, 0.1) is 12.8 Å². The van der Waals surface area contributed by atoms with E-state index in [2.05, 4.69) is 30.3 Å². The van der Waals surface area contributed by atoms with Crippen LogP contribution in [-0.4, -0.2) is 34.2 Å². The van der Waals surface area contributed by atoms with Gasteiger partial charge in [-0.3, -0.25) is 9.48 Å². The normalized spacial score (nSPS) is 13.3. The molecule has 5 heteroatoms. The molecule has 0 spiro atoms. The summed E-state index contributed by atoms with van der Waals surface area (Å²) >= 11 is 0. The summed E-state index contributed by atoms with van der Waals surface area (Å²) < 4.78 is 7.45. The van der Waals surface area contributed by atoms with Gasteiger partial charge in [0.15, 0.2) is 0 Å². The largest absolute Gasteiger partial charge is 0.496 e. The summed E-state index contributed by atoms with van der Waals surface area (Å²) in [6, 6.07) is 16.6. The van der Waals surface area contributed by atoms with Crippen LogP contribution in [0.3, 0.4) is 0 Å². The number of hydrogen-bond donors (Lipinski definition) is 0. The molecule has 0 atom stereocenters. The lowest BCUT2D eigenvalue weighted by atomic mass is 9.98. The molecule has 0 saturated heterocycles. The summed E-state index contributed by atoms with van der Waals surface area (Å²) in [6.45, 7) is 3.07. The fraction of sp³-hybridized carbons (Fsp3) is 0.304. The average molecular weight is 375 g/mol. The van der Waals surface area contributed by atoms with Gasteiger partial charge in [-0.1, -0.05) is 42.5 Å². The maximum atomic E-state index is 11.8. The number of fused-ring (bicyclic) bond motifs is 1. The van der Waals surface area contributed by atoms with Crippen LogP contribution in [0, 0.1) is 0 Å². The van der Waals surface area contributed by atoms with E-state index in [1.807, 2.05) is 34.8 Å². The van der Waals surface area contributed by atoms with Crippen LogP contribution >= 0.6 is 0 Å². The van der Waals surface area contributed by atoms with E-state index in [-0.39, 0.29) is 5.91 Å². The fourth-order valence-electron chi connectivity index (χ4n) is 3.96. The fourth-order valence-corrected chi connectivity index (χ4v) is 3.96. The molecule has 4 rings (SSSR count). The Morgan fingerprint density at radius 2 is 1.89 bits per heavy atom. The van der Waals surface area contributed by atoms with Crippen molar-refractivity contribution in [3.05, 3.63) is 71.0 Å². The third-order valence-electron chi connectivity index (χ3n) is 5.51. The van der Waals surface area contributed by atoms with Gasteiger partial charge in [-0.15, -0.1) is 0 Å². The molecule has 1 amide bonds. The Morgan fingerprint density at radius 1 is 1.14 bits per heavy atom. The van der Waals surface area contributed by atoms with Crippen molar-refractivity contribution in [2.75, 3.05) is 13.7 Å². The number of aromatic nitrogens is 2. The first-order chi connectivity index (χ1) is 13.6. The second kappa shape index (κ2) is 7.50. The molecule has 1 aromatic heterocycles. The van der Waals surface area contributed by atoms with Crippen LogP contribution in [0.5, 0.6) is 5.75 Å². The minimum Gasteiger partial charge on any atom is -0.496 e. The van der Waals surface area contributed by atoms with Gasteiger partial charge >= 0.3 is 0 Å². The Bertz CT molecular complexity index is 1010. The predicted molar refractivity (Wildman–Crippen MR) is 109 cm³/mol. The standard InChI is InChI=1S/C23H25N3O2/c1-16(27)26-13-12-22-20(15-26)21(24-25(22)2)14-17-8-10-18(11-9-17)19-6-4-5-7-23(19)28-3/h4-11H,12-15H2,1-3H3. The zero-order valence-electron chi connectivity index (χ0n) is 16.6. The van der Waals surface area contributed by atoms with E-state index in [1.54, 1.807) is 14.0 Å². The van der Waals surface area contributed by atoms with Crippen molar-refractivity contribution in [1.29, 1.82) is 0 Å². The number of nitrogens with zero attached hydrogens (tertiary/aromatic N) is 3. The number of benzene rings is 2. The zero-order valence-corrected chi connectivity index (χ0v) is 16.6. The number of para-hydroxylation sites is 1. The molecule has 0 N–H and O–H groups in total. The van der Waals surface area contributed by atoms with E-state index in [4.69, 9.17) is 9.84 Å². The molecule has 28 heavy (non-hydrogen) atoms. The van der Waals surface area contributed by atoms with Crippen molar-refractivity contribution in [2.24, 2.45) is 7.05 Å². The Kier molecular flexibility index (Phi) is 4.90. The van der Waals surface area contributed by atoms with E-state index in [0.29, 0.717) is 6.54 Å². The van der Waals surface area contributed by atoms with Gasteiger partial charge < -0.3 is 9.64 Å². The Morgan fingerprint density at radius 3 is 2.61 bits per heavy atom.